The van der Waals surface area contributed by atoms with E-state index in [-0.39, 0.29) is 22.5 Å². The lowest BCUT2D eigenvalue weighted by Gasteiger charge is -2.12. The van der Waals surface area contributed by atoms with Crippen molar-refractivity contribution in [2.45, 2.75) is 59.3 Å². The normalized spacial score (nSPS) is 13.4. The zero-order chi connectivity index (χ0) is 32.1. The van der Waals surface area contributed by atoms with Crippen LogP contribution in [0.4, 0.5) is 26.3 Å². The predicted molar refractivity (Wildman–Crippen MR) is 149 cm³/mol. The topological polar surface area (TPSA) is 110 Å². The van der Waals surface area contributed by atoms with Crippen molar-refractivity contribution in [3.63, 3.8) is 0 Å². The summed E-state index contributed by atoms with van der Waals surface area (Å²) in [5, 5.41) is -0.349. The summed E-state index contributed by atoms with van der Waals surface area (Å²) < 4.78 is 87.6. The average molecular weight is 659 g/mol. The lowest BCUT2D eigenvalue weighted by Crippen LogP contribution is -2.26. The lowest BCUT2D eigenvalue weighted by molar-refractivity contribution is -0.156. The van der Waals surface area contributed by atoms with Crippen LogP contribution in [-0.4, -0.2) is 42.4 Å². The molecule has 2 N–H and O–H groups in total. The highest BCUT2D eigenvalue weighted by atomic mass is 32.2. The Morgan fingerprint density at radius 1 is 0.727 bits per heavy atom. The van der Waals surface area contributed by atoms with Gasteiger partial charge in [0.05, 0.1) is 23.5 Å². The highest BCUT2D eigenvalue weighted by Crippen LogP contribution is 2.35. The van der Waals surface area contributed by atoms with Crippen LogP contribution in [0.15, 0.2) is 70.7 Å². The second-order valence-electron chi connectivity index (χ2n) is 9.52. The van der Waals surface area contributed by atoms with Gasteiger partial charge in [0.15, 0.2) is 0 Å². The molecule has 0 aliphatic rings. The molecule has 2 unspecified atom stereocenters. The summed E-state index contributed by atoms with van der Waals surface area (Å²) in [5.74, 6) is -2.77. The maximum Gasteiger partial charge on any atom is 0.425 e. The van der Waals surface area contributed by atoms with E-state index in [1.807, 2.05) is 0 Å². The zero-order valence-corrected chi connectivity index (χ0v) is 24.6. The number of carbonyl (C=O) groups is 2. The van der Waals surface area contributed by atoms with Crippen molar-refractivity contribution in [2.75, 3.05) is 0 Å². The second-order valence-corrected chi connectivity index (χ2v) is 12.5. The lowest BCUT2D eigenvalue weighted by atomic mass is 10.2. The molecule has 8 nitrogen and oxygen atoms in total. The molecule has 4 rings (SSSR count). The molecule has 0 bridgehead atoms. The van der Waals surface area contributed by atoms with E-state index < -0.39 is 35.4 Å². The summed E-state index contributed by atoms with van der Waals surface area (Å²) >= 11 is 2.45. The monoisotopic (exact) mass is 658 g/mol. The van der Waals surface area contributed by atoms with Crippen molar-refractivity contribution < 1.29 is 45.4 Å². The number of H-pyrrole nitrogens is 2. The number of thioether (sulfide) groups is 2. The Kier molecular flexibility index (Phi) is 10.3. The quantitative estimate of drug-likeness (QED) is 0.0802. The van der Waals surface area contributed by atoms with E-state index in [2.05, 4.69) is 19.9 Å². The first kappa shape index (κ1) is 33.0. The number of nitrogens with one attached hydrogen (secondary N) is 2. The highest BCUT2D eigenvalue weighted by molar-refractivity contribution is 8.00. The van der Waals surface area contributed by atoms with Gasteiger partial charge in [-0.3, -0.25) is 0 Å². The Morgan fingerprint density at radius 3 is 1.48 bits per heavy atom. The van der Waals surface area contributed by atoms with E-state index in [0.717, 1.165) is 24.3 Å². The first-order valence-corrected chi connectivity index (χ1v) is 14.6. The number of imidazole rings is 2. The van der Waals surface area contributed by atoms with Gasteiger partial charge in [0, 0.05) is 44.5 Å². The number of aromatic nitrogens is 4. The van der Waals surface area contributed by atoms with Crippen LogP contribution in [0.3, 0.4) is 0 Å². The Hall–Kier alpha value is -3.92. The van der Waals surface area contributed by atoms with Gasteiger partial charge in [-0.1, -0.05) is 26.0 Å². The molecule has 4 aromatic rings. The SMILES string of the molecule is CC(Cc1cnc(OC(=O)C(=O)Oc2ncc(CC(C)Sc3cccc(C(F)(F)F)c3)[nH]2)[nH]1)Sc1cccc(C(F)(F)F)c1. The van der Waals surface area contributed by atoms with Gasteiger partial charge >= 0.3 is 36.3 Å². The third-order valence-electron chi connectivity index (χ3n) is 5.77. The Bertz CT molecular complexity index is 1490. The van der Waals surface area contributed by atoms with Crippen LogP contribution < -0.4 is 9.47 Å². The molecule has 2 atom stereocenters. The molecule has 0 aliphatic heterocycles. The molecule has 0 fully saturated rings. The van der Waals surface area contributed by atoms with Crippen molar-refractivity contribution >= 4 is 35.5 Å². The van der Waals surface area contributed by atoms with Crippen molar-refractivity contribution in [3.05, 3.63) is 83.4 Å². The van der Waals surface area contributed by atoms with Gasteiger partial charge in [-0.25, -0.2) is 19.6 Å². The number of halogens is 6. The number of alkyl halides is 6. The molecule has 0 amide bonds. The average Bonchev–Trinajstić information content (AvgIpc) is 3.56. The van der Waals surface area contributed by atoms with Crippen LogP contribution >= 0.6 is 23.5 Å². The van der Waals surface area contributed by atoms with Crippen LogP contribution in [0.25, 0.3) is 0 Å². The minimum atomic E-state index is -4.45. The molecule has 0 spiro atoms. The van der Waals surface area contributed by atoms with E-state index in [4.69, 9.17) is 9.47 Å². The number of hydrogen-bond donors (Lipinski definition) is 2. The molecule has 2 heterocycles. The predicted octanol–water partition coefficient (Wildman–Crippen LogP) is 7.13. The van der Waals surface area contributed by atoms with Gasteiger partial charge in [-0.05, 0) is 36.4 Å². The van der Waals surface area contributed by atoms with Crippen LogP contribution in [0, 0.1) is 0 Å². The van der Waals surface area contributed by atoms with Gasteiger partial charge in [0.1, 0.15) is 0 Å². The van der Waals surface area contributed by atoms with Crippen LogP contribution in [0.1, 0.15) is 36.4 Å². The van der Waals surface area contributed by atoms with E-state index in [0.29, 0.717) is 34.0 Å². The second kappa shape index (κ2) is 13.8. The van der Waals surface area contributed by atoms with Gasteiger partial charge in [0.25, 0.3) is 0 Å². The van der Waals surface area contributed by atoms with E-state index in [1.165, 1.54) is 48.1 Å². The molecule has 0 radical (unpaired) electrons. The third-order valence-corrected chi connectivity index (χ3v) is 7.96. The fourth-order valence-corrected chi connectivity index (χ4v) is 6.07. The number of carbonyl (C=O) groups excluding carboxylic acids is 2. The fraction of sp³-hybridized carbons (Fsp3) is 0.286. The minimum absolute atomic E-state index is 0.174. The maximum absolute atomic E-state index is 13.0. The van der Waals surface area contributed by atoms with E-state index in [1.54, 1.807) is 26.0 Å². The van der Waals surface area contributed by atoms with Crippen molar-refractivity contribution in [1.29, 1.82) is 0 Å². The number of esters is 2. The molecule has 0 saturated heterocycles. The molecule has 16 heteroatoms. The van der Waals surface area contributed by atoms with Crippen LogP contribution in [0.5, 0.6) is 12.0 Å². The number of ether oxygens (including phenoxy) is 2. The van der Waals surface area contributed by atoms with E-state index >= 15 is 0 Å². The number of hydrogen-bond acceptors (Lipinski definition) is 8. The molecule has 234 valence electrons. The summed E-state index contributed by atoms with van der Waals surface area (Å²) in [5.41, 5.74) is -0.460. The third kappa shape index (κ3) is 9.54. The molecular formula is C28H24F6N4O4S2. The fourth-order valence-electron chi connectivity index (χ4n) is 3.91. The van der Waals surface area contributed by atoms with Crippen LogP contribution in [-0.2, 0) is 34.8 Å². The summed E-state index contributed by atoms with van der Waals surface area (Å²) in [7, 11) is 0. The number of aromatic amines is 2. The van der Waals surface area contributed by atoms with Gasteiger partial charge in [-0.2, -0.15) is 26.3 Å². The Balaban J connectivity index is 1.24. The van der Waals surface area contributed by atoms with Crippen LogP contribution in [0.2, 0.25) is 0 Å². The Morgan fingerprint density at radius 2 is 1.11 bits per heavy atom. The van der Waals surface area contributed by atoms with Crippen molar-refractivity contribution in [1.82, 2.24) is 19.9 Å². The molecule has 0 saturated carbocycles. The molecular weight excluding hydrogens is 634 g/mol. The summed E-state index contributed by atoms with van der Waals surface area (Å²) in [6.45, 7) is 3.61. The van der Waals surface area contributed by atoms with Crippen molar-refractivity contribution in [3.8, 4) is 12.0 Å². The summed E-state index contributed by atoms with van der Waals surface area (Å²) in [6, 6.07) is 9.37. The zero-order valence-electron chi connectivity index (χ0n) is 23.0. The summed E-state index contributed by atoms with van der Waals surface area (Å²) in [4.78, 5) is 38.5. The maximum atomic E-state index is 13.0. The number of nitrogens with zero attached hydrogens (tertiary/aromatic N) is 2. The number of benzene rings is 2. The summed E-state index contributed by atoms with van der Waals surface area (Å²) in [6.07, 6.45) is -5.47. The first-order chi connectivity index (χ1) is 20.7. The van der Waals surface area contributed by atoms with Crippen molar-refractivity contribution in [2.24, 2.45) is 0 Å². The standard InChI is InChI=1S/C28H24F6N4O4S2/c1-15(43-21-7-3-5-17(11-21)27(29,30)31)9-19-13-35-25(37-19)41-23(39)24(40)42-26-36-14-20(38-26)10-16(2)44-22-8-4-6-18(12-22)28(32,33)34/h3-8,11-16H,9-10H2,1-2H3,(H,35,37)(H,36,38). The van der Waals surface area contributed by atoms with Gasteiger partial charge in [-0.15, -0.1) is 23.5 Å². The molecule has 44 heavy (non-hydrogen) atoms. The minimum Gasteiger partial charge on any atom is -0.384 e. The molecule has 2 aromatic carbocycles. The highest BCUT2D eigenvalue weighted by Gasteiger charge is 2.31. The number of rotatable bonds is 10. The largest absolute Gasteiger partial charge is 0.425 e. The van der Waals surface area contributed by atoms with E-state index in [9.17, 15) is 35.9 Å². The van der Waals surface area contributed by atoms with Gasteiger partial charge < -0.3 is 19.4 Å². The Labute approximate surface area is 255 Å². The first-order valence-electron chi connectivity index (χ1n) is 12.9. The molecule has 2 aromatic heterocycles. The molecule has 0 aliphatic carbocycles. The smallest absolute Gasteiger partial charge is 0.384 e. The van der Waals surface area contributed by atoms with Gasteiger partial charge in [0.2, 0.25) is 0 Å².